The van der Waals surface area contributed by atoms with E-state index in [0.717, 1.165) is 0 Å². The molecule has 0 bridgehead atoms. The lowest BCUT2D eigenvalue weighted by Gasteiger charge is -2.26. The molecule has 1 amide bonds. The number of rotatable bonds is 7. The number of morpholine rings is 1. The van der Waals surface area contributed by atoms with Gasteiger partial charge in [-0.15, -0.1) is 0 Å². The predicted octanol–water partition coefficient (Wildman–Crippen LogP) is 2.02. The Morgan fingerprint density at radius 3 is 2.30 bits per heavy atom. The average molecular weight is 435 g/mol. The summed E-state index contributed by atoms with van der Waals surface area (Å²) in [7, 11) is -3.61. The standard InChI is InChI=1S/C19H21N3O7S/c1-14(29-17-6-4-16(5-7-17)22(24)25)19(23)20-15-2-8-18(9-3-15)30(26,27)21-10-12-28-13-11-21/h2-9,14H,10-13H2,1H3,(H,20,23). The molecule has 30 heavy (non-hydrogen) atoms. The molecule has 10 nitrogen and oxygen atoms in total. The fourth-order valence-corrected chi connectivity index (χ4v) is 4.20. The van der Waals surface area contributed by atoms with E-state index in [2.05, 4.69) is 5.32 Å². The Balaban J connectivity index is 1.60. The van der Waals surface area contributed by atoms with Gasteiger partial charge in [-0.05, 0) is 43.3 Å². The largest absolute Gasteiger partial charge is 0.481 e. The number of nitro groups is 1. The Labute approximate surface area is 173 Å². The molecule has 1 aliphatic heterocycles. The number of non-ortho nitro benzene ring substituents is 1. The molecule has 3 rings (SSSR count). The molecule has 1 fully saturated rings. The third kappa shape index (κ3) is 5.12. The average Bonchev–Trinajstić information content (AvgIpc) is 2.75. The second-order valence-corrected chi connectivity index (χ2v) is 8.48. The quantitative estimate of drug-likeness (QED) is 0.520. The summed E-state index contributed by atoms with van der Waals surface area (Å²) < 4.78 is 37.3. The third-order valence-corrected chi connectivity index (χ3v) is 6.37. The van der Waals surface area contributed by atoms with Crippen molar-refractivity contribution < 1.29 is 27.6 Å². The summed E-state index contributed by atoms with van der Waals surface area (Å²) in [6, 6.07) is 11.3. The normalized spacial score (nSPS) is 15.9. The van der Waals surface area contributed by atoms with Gasteiger partial charge < -0.3 is 14.8 Å². The van der Waals surface area contributed by atoms with Crippen molar-refractivity contribution in [3.63, 3.8) is 0 Å². The van der Waals surface area contributed by atoms with Gasteiger partial charge in [0.1, 0.15) is 5.75 Å². The van der Waals surface area contributed by atoms with Crippen molar-refractivity contribution in [1.82, 2.24) is 4.31 Å². The van der Waals surface area contributed by atoms with Crippen LogP contribution < -0.4 is 10.1 Å². The highest BCUT2D eigenvalue weighted by atomic mass is 32.2. The van der Waals surface area contributed by atoms with E-state index in [4.69, 9.17) is 9.47 Å². The molecule has 2 aromatic carbocycles. The van der Waals surface area contributed by atoms with Crippen molar-refractivity contribution in [3.05, 3.63) is 58.6 Å². The number of hydrogen-bond acceptors (Lipinski definition) is 7. The third-order valence-electron chi connectivity index (χ3n) is 4.46. The summed E-state index contributed by atoms with van der Waals surface area (Å²) in [4.78, 5) is 22.6. The van der Waals surface area contributed by atoms with Crippen LogP contribution in [-0.2, 0) is 19.6 Å². The number of ether oxygens (including phenoxy) is 2. The Hall–Kier alpha value is -3.02. The van der Waals surface area contributed by atoms with Crippen LogP contribution >= 0.6 is 0 Å². The number of hydrogen-bond donors (Lipinski definition) is 1. The van der Waals surface area contributed by atoms with Gasteiger partial charge in [-0.2, -0.15) is 4.31 Å². The van der Waals surface area contributed by atoms with Crippen LogP contribution in [0.15, 0.2) is 53.4 Å². The van der Waals surface area contributed by atoms with E-state index in [1.54, 1.807) is 0 Å². The number of nitrogens with one attached hydrogen (secondary N) is 1. The summed E-state index contributed by atoms with van der Waals surface area (Å²) in [5.41, 5.74) is 0.339. The van der Waals surface area contributed by atoms with Crippen LogP contribution in [0.25, 0.3) is 0 Å². The maximum atomic E-state index is 12.6. The fraction of sp³-hybridized carbons (Fsp3) is 0.316. The summed E-state index contributed by atoms with van der Waals surface area (Å²) in [5.74, 6) is -0.132. The Kier molecular flexibility index (Phi) is 6.65. The van der Waals surface area contributed by atoms with Gasteiger partial charge >= 0.3 is 0 Å². The highest BCUT2D eigenvalue weighted by Crippen LogP contribution is 2.21. The number of nitro benzene ring substituents is 1. The zero-order valence-electron chi connectivity index (χ0n) is 16.2. The molecule has 11 heteroatoms. The van der Waals surface area contributed by atoms with Gasteiger partial charge in [0.05, 0.1) is 23.0 Å². The summed E-state index contributed by atoms with van der Waals surface area (Å²) in [5, 5.41) is 13.3. The van der Waals surface area contributed by atoms with Gasteiger partial charge in [0.25, 0.3) is 11.6 Å². The molecular weight excluding hydrogens is 414 g/mol. The van der Waals surface area contributed by atoms with E-state index in [-0.39, 0.29) is 10.6 Å². The first-order chi connectivity index (χ1) is 14.3. The summed E-state index contributed by atoms with van der Waals surface area (Å²) in [6.45, 7) is 2.87. The smallest absolute Gasteiger partial charge is 0.269 e. The van der Waals surface area contributed by atoms with Crippen LogP contribution in [0.3, 0.4) is 0 Å². The molecule has 1 unspecified atom stereocenters. The molecule has 1 N–H and O–H groups in total. The predicted molar refractivity (Wildman–Crippen MR) is 108 cm³/mol. The number of nitrogens with zero attached hydrogens (tertiary/aromatic N) is 2. The maximum absolute atomic E-state index is 12.6. The van der Waals surface area contributed by atoms with Crippen molar-refractivity contribution in [2.45, 2.75) is 17.9 Å². The molecular formula is C19H21N3O7S. The molecule has 1 aliphatic rings. The van der Waals surface area contributed by atoms with E-state index in [0.29, 0.717) is 37.7 Å². The molecule has 1 atom stereocenters. The first-order valence-electron chi connectivity index (χ1n) is 9.17. The van der Waals surface area contributed by atoms with Crippen LogP contribution in [0, 0.1) is 10.1 Å². The molecule has 1 heterocycles. The molecule has 160 valence electrons. The fourth-order valence-electron chi connectivity index (χ4n) is 2.79. The zero-order valence-corrected chi connectivity index (χ0v) is 17.0. The van der Waals surface area contributed by atoms with Crippen LogP contribution in [0.4, 0.5) is 11.4 Å². The minimum absolute atomic E-state index is 0.0772. The lowest BCUT2D eigenvalue weighted by molar-refractivity contribution is -0.384. The number of amides is 1. The lowest BCUT2D eigenvalue weighted by atomic mass is 10.3. The summed E-state index contributed by atoms with van der Waals surface area (Å²) in [6.07, 6.45) is -0.872. The number of benzene rings is 2. The number of carbonyl (C=O) groups excluding carboxylic acids is 1. The topological polar surface area (TPSA) is 128 Å². The van der Waals surface area contributed by atoms with Crippen molar-refractivity contribution in [2.24, 2.45) is 0 Å². The number of carbonyl (C=O) groups is 1. The van der Waals surface area contributed by atoms with E-state index in [1.165, 1.54) is 59.8 Å². The molecule has 0 saturated carbocycles. The van der Waals surface area contributed by atoms with E-state index in [9.17, 15) is 23.3 Å². The Bertz CT molecular complexity index is 1000. The van der Waals surface area contributed by atoms with Crippen LogP contribution in [0.5, 0.6) is 5.75 Å². The first kappa shape index (κ1) is 21.7. The lowest BCUT2D eigenvalue weighted by Crippen LogP contribution is -2.40. The zero-order chi connectivity index (χ0) is 21.7. The monoisotopic (exact) mass is 435 g/mol. The van der Waals surface area contributed by atoms with Crippen molar-refractivity contribution in [3.8, 4) is 5.75 Å². The van der Waals surface area contributed by atoms with Crippen molar-refractivity contribution >= 4 is 27.3 Å². The van der Waals surface area contributed by atoms with Crippen molar-refractivity contribution in [1.29, 1.82) is 0 Å². The number of sulfonamides is 1. The Morgan fingerprint density at radius 1 is 1.13 bits per heavy atom. The SMILES string of the molecule is CC(Oc1ccc([N+](=O)[O-])cc1)C(=O)Nc1ccc(S(=O)(=O)N2CCOCC2)cc1. The van der Waals surface area contributed by atoms with Gasteiger partial charge in [0.2, 0.25) is 10.0 Å². The van der Waals surface area contributed by atoms with E-state index >= 15 is 0 Å². The molecule has 1 saturated heterocycles. The highest BCUT2D eigenvalue weighted by molar-refractivity contribution is 7.89. The number of anilines is 1. The van der Waals surface area contributed by atoms with E-state index < -0.39 is 27.0 Å². The maximum Gasteiger partial charge on any atom is 0.269 e. The first-order valence-corrected chi connectivity index (χ1v) is 10.6. The van der Waals surface area contributed by atoms with Gasteiger partial charge in [-0.1, -0.05) is 0 Å². The van der Waals surface area contributed by atoms with Crippen LogP contribution in [0.1, 0.15) is 6.92 Å². The van der Waals surface area contributed by atoms with Crippen LogP contribution in [-0.4, -0.2) is 56.0 Å². The molecule has 2 aromatic rings. The van der Waals surface area contributed by atoms with Crippen LogP contribution in [0.2, 0.25) is 0 Å². The molecule has 0 spiro atoms. The van der Waals surface area contributed by atoms with E-state index in [1.807, 2.05) is 0 Å². The van der Waals surface area contributed by atoms with Gasteiger partial charge in [-0.25, -0.2) is 8.42 Å². The summed E-state index contributed by atoms with van der Waals surface area (Å²) >= 11 is 0. The molecule has 0 aliphatic carbocycles. The highest BCUT2D eigenvalue weighted by Gasteiger charge is 2.26. The minimum Gasteiger partial charge on any atom is -0.481 e. The van der Waals surface area contributed by atoms with Gasteiger partial charge in [0.15, 0.2) is 6.10 Å². The van der Waals surface area contributed by atoms with Crippen molar-refractivity contribution in [2.75, 3.05) is 31.6 Å². The minimum atomic E-state index is -3.61. The molecule has 0 aromatic heterocycles. The van der Waals surface area contributed by atoms with Gasteiger partial charge in [-0.3, -0.25) is 14.9 Å². The second kappa shape index (κ2) is 9.20. The second-order valence-electron chi connectivity index (χ2n) is 6.54. The Morgan fingerprint density at radius 2 is 1.73 bits per heavy atom. The van der Waals surface area contributed by atoms with Gasteiger partial charge in [0, 0.05) is 30.9 Å². The molecule has 0 radical (unpaired) electrons.